The van der Waals surface area contributed by atoms with Crippen LogP contribution in [0.5, 0.6) is 0 Å². The van der Waals surface area contributed by atoms with Crippen LogP contribution in [0.3, 0.4) is 0 Å². The van der Waals surface area contributed by atoms with Gasteiger partial charge in [0.15, 0.2) is 0 Å². The zero-order chi connectivity index (χ0) is 12.8. The summed E-state index contributed by atoms with van der Waals surface area (Å²) in [6.07, 6.45) is 6.41. The zero-order valence-electron chi connectivity index (χ0n) is 11.1. The Labute approximate surface area is 109 Å². The van der Waals surface area contributed by atoms with Crippen LogP contribution < -0.4 is 10.2 Å². The number of anilines is 2. The first-order valence-corrected chi connectivity index (χ1v) is 6.92. The van der Waals surface area contributed by atoms with Crippen molar-refractivity contribution in [1.82, 2.24) is 4.98 Å². The van der Waals surface area contributed by atoms with Gasteiger partial charge in [-0.15, -0.1) is 0 Å². The lowest BCUT2D eigenvalue weighted by Gasteiger charge is -2.37. The highest BCUT2D eigenvalue weighted by Gasteiger charge is 2.22. The van der Waals surface area contributed by atoms with E-state index in [2.05, 4.69) is 34.3 Å². The summed E-state index contributed by atoms with van der Waals surface area (Å²) < 4.78 is 0. The molecular weight excluding hydrogens is 226 g/mol. The molecule has 0 radical (unpaired) electrons. The van der Waals surface area contributed by atoms with Crippen molar-refractivity contribution in [3.05, 3.63) is 18.3 Å². The van der Waals surface area contributed by atoms with Gasteiger partial charge in [-0.3, -0.25) is 0 Å². The van der Waals surface area contributed by atoms with E-state index in [1.54, 1.807) is 0 Å². The molecular formula is C14H23N3O. The molecule has 1 atom stereocenters. The Morgan fingerprint density at radius 3 is 3.17 bits per heavy atom. The number of aliphatic hydroxyl groups is 1. The second-order valence-electron chi connectivity index (χ2n) is 4.78. The van der Waals surface area contributed by atoms with Crippen LogP contribution in [0.1, 0.15) is 32.6 Å². The lowest BCUT2D eigenvalue weighted by atomic mass is 9.99. The van der Waals surface area contributed by atoms with E-state index in [1.807, 2.05) is 6.20 Å². The topological polar surface area (TPSA) is 48.4 Å². The van der Waals surface area contributed by atoms with Crippen LogP contribution in [-0.2, 0) is 0 Å². The first-order chi connectivity index (χ1) is 8.85. The summed E-state index contributed by atoms with van der Waals surface area (Å²) >= 11 is 0. The number of hydrogen-bond acceptors (Lipinski definition) is 4. The molecule has 4 nitrogen and oxygen atoms in total. The predicted molar refractivity (Wildman–Crippen MR) is 75.1 cm³/mol. The smallest absolute Gasteiger partial charge is 0.127 e. The SMILES string of the molecule is CCNc1cc(N2CCCCC2CCO)ccn1. The van der Waals surface area contributed by atoms with Crippen molar-refractivity contribution in [1.29, 1.82) is 0 Å². The van der Waals surface area contributed by atoms with Crippen molar-refractivity contribution in [2.24, 2.45) is 0 Å². The van der Waals surface area contributed by atoms with Gasteiger partial charge in [0.25, 0.3) is 0 Å². The fourth-order valence-electron chi connectivity index (χ4n) is 2.67. The van der Waals surface area contributed by atoms with E-state index < -0.39 is 0 Å². The third-order valence-corrected chi connectivity index (χ3v) is 3.52. The Morgan fingerprint density at radius 1 is 1.50 bits per heavy atom. The summed E-state index contributed by atoms with van der Waals surface area (Å²) in [6, 6.07) is 4.65. The van der Waals surface area contributed by atoms with E-state index >= 15 is 0 Å². The molecule has 1 unspecified atom stereocenters. The molecule has 1 saturated heterocycles. The average Bonchev–Trinajstić information content (AvgIpc) is 2.40. The first kappa shape index (κ1) is 13.1. The Bertz CT molecular complexity index is 368. The van der Waals surface area contributed by atoms with Crippen LogP contribution in [0.2, 0.25) is 0 Å². The van der Waals surface area contributed by atoms with Gasteiger partial charge in [0.2, 0.25) is 0 Å². The molecule has 18 heavy (non-hydrogen) atoms. The number of pyridine rings is 1. The highest BCUT2D eigenvalue weighted by molar-refractivity contribution is 5.54. The maximum atomic E-state index is 9.17. The predicted octanol–water partition coefficient (Wildman–Crippen LogP) is 2.25. The summed E-state index contributed by atoms with van der Waals surface area (Å²) in [5.74, 6) is 0.934. The maximum absolute atomic E-state index is 9.17. The minimum Gasteiger partial charge on any atom is -0.396 e. The Balaban J connectivity index is 2.14. The van der Waals surface area contributed by atoms with Gasteiger partial charge in [-0.25, -0.2) is 4.98 Å². The molecule has 0 spiro atoms. The van der Waals surface area contributed by atoms with Crippen LogP contribution in [-0.4, -0.2) is 35.8 Å². The van der Waals surface area contributed by atoms with Gasteiger partial charge in [0.1, 0.15) is 5.82 Å². The molecule has 1 aromatic rings. The minimum absolute atomic E-state index is 0.270. The van der Waals surface area contributed by atoms with Gasteiger partial charge in [-0.05, 0) is 38.7 Å². The summed E-state index contributed by atoms with van der Waals surface area (Å²) in [6.45, 7) is 4.31. The summed E-state index contributed by atoms with van der Waals surface area (Å²) in [7, 11) is 0. The molecule has 4 heteroatoms. The molecule has 0 aliphatic carbocycles. The fourth-order valence-corrected chi connectivity index (χ4v) is 2.67. The van der Waals surface area contributed by atoms with E-state index in [4.69, 9.17) is 0 Å². The van der Waals surface area contributed by atoms with E-state index in [1.165, 1.54) is 24.9 Å². The number of piperidine rings is 1. The molecule has 0 aromatic carbocycles. The second kappa shape index (κ2) is 6.59. The molecule has 2 rings (SSSR count). The number of rotatable bonds is 5. The van der Waals surface area contributed by atoms with Crippen LogP contribution in [0.4, 0.5) is 11.5 Å². The van der Waals surface area contributed by atoms with Crippen molar-refractivity contribution in [3.8, 4) is 0 Å². The van der Waals surface area contributed by atoms with Crippen LogP contribution in [0, 0.1) is 0 Å². The zero-order valence-corrected chi connectivity index (χ0v) is 11.1. The Hall–Kier alpha value is -1.29. The third kappa shape index (κ3) is 3.13. The second-order valence-corrected chi connectivity index (χ2v) is 4.78. The number of nitrogens with one attached hydrogen (secondary N) is 1. The monoisotopic (exact) mass is 249 g/mol. The molecule has 2 heterocycles. The van der Waals surface area contributed by atoms with E-state index in [-0.39, 0.29) is 6.61 Å². The molecule has 1 aliphatic rings. The largest absolute Gasteiger partial charge is 0.396 e. The van der Waals surface area contributed by atoms with Gasteiger partial charge in [0.05, 0.1) is 0 Å². The molecule has 1 aromatic heterocycles. The van der Waals surface area contributed by atoms with Gasteiger partial charge in [0, 0.05) is 43.7 Å². The molecule has 1 fully saturated rings. The lowest BCUT2D eigenvalue weighted by molar-refractivity contribution is 0.262. The Kier molecular flexibility index (Phi) is 4.81. The van der Waals surface area contributed by atoms with Crippen molar-refractivity contribution < 1.29 is 5.11 Å². The molecule has 0 bridgehead atoms. The maximum Gasteiger partial charge on any atom is 0.127 e. The Morgan fingerprint density at radius 2 is 2.39 bits per heavy atom. The number of aromatic nitrogens is 1. The molecule has 2 N–H and O–H groups in total. The fraction of sp³-hybridized carbons (Fsp3) is 0.643. The van der Waals surface area contributed by atoms with Crippen molar-refractivity contribution in [2.45, 2.75) is 38.6 Å². The summed E-state index contributed by atoms with van der Waals surface area (Å²) in [5.41, 5.74) is 1.22. The highest BCUT2D eigenvalue weighted by atomic mass is 16.3. The van der Waals surface area contributed by atoms with E-state index in [0.29, 0.717) is 6.04 Å². The number of aliphatic hydroxyl groups excluding tert-OH is 1. The number of hydrogen-bond donors (Lipinski definition) is 2. The summed E-state index contributed by atoms with van der Waals surface area (Å²) in [4.78, 5) is 6.73. The van der Waals surface area contributed by atoms with Gasteiger partial charge >= 0.3 is 0 Å². The van der Waals surface area contributed by atoms with Gasteiger partial charge in [-0.2, -0.15) is 0 Å². The average molecular weight is 249 g/mol. The minimum atomic E-state index is 0.270. The van der Waals surface area contributed by atoms with E-state index in [9.17, 15) is 5.11 Å². The van der Waals surface area contributed by atoms with Crippen molar-refractivity contribution in [2.75, 3.05) is 29.9 Å². The van der Waals surface area contributed by atoms with Crippen LogP contribution in [0.15, 0.2) is 18.3 Å². The van der Waals surface area contributed by atoms with Crippen LogP contribution >= 0.6 is 0 Å². The third-order valence-electron chi connectivity index (χ3n) is 3.52. The normalized spacial score (nSPS) is 19.9. The summed E-state index contributed by atoms with van der Waals surface area (Å²) in [5, 5.41) is 12.4. The molecule has 1 aliphatic heterocycles. The molecule has 0 amide bonds. The molecule has 0 saturated carbocycles. The number of nitrogens with zero attached hydrogens (tertiary/aromatic N) is 2. The van der Waals surface area contributed by atoms with Crippen molar-refractivity contribution in [3.63, 3.8) is 0 Å². The quantitative estimate of drug-likeness (QED) is 0.840. The first-order valence-electron chi connectivity index (χ1n) is 6.92. The van der Waals surface area contributed by atoms with Crippen molar-refractivity contribution >= 4 is 11.5 Å². The van der Waals surface area contributed by atoms with Gasteiger partial charge in [-0.1, -0.05) is 0 Å². The van der Waals surface area contributed by atoms with Gasteiger partial charge < -0.3 is 15.3 Å². The highest BCUT2D eigenvalue weighted by Crippen LogP contribution is 2.27. The van der Waals surface area contributed by atoms with Crippen LogP contribution in [0.25, 0.3) is 0 Å². The van der Waals surface area contributed by atoms with E-state index in [0.717, 1.165) is 25.3 Å². The lowest BCUT2D eigenvalue weighted by Crippen LogP contribution is -2.40. The standard InChI is InChI=1S/C14H23N3O/c1-2-15-14-11-13(6-8-16-14)17-9-4-3-5-12(17)7-10-18/h6,8,11-12,18H,2-5,7,9-10H2,1H3,(H,15,16). The molecule has 100 valence electrons.